The molecule has 0 radical (unpaired) electrons. The lowest BCUT2D eigenvalue weighted by atomic mass is 9.87. The van der Waals surface area contributed by atoms with E-state index in [2.05, 4.69) is 0 Å². The zero-order chi connectivity index (χ0) is 25.7. The van der Waals surface area contributed by atoms with Gasteiger partial charge in [0.1, 0.15) is 35.7 Å². The molecule has 1 unspecified atom stereocenters. The largest absolute Gasteiger partial charge is 0.494 e. The number of hydrogen-bond donors (Lipinski definition) is 1. The van der Waals surface area contributed by atoms with Crippen LogP contribution in [0.1, 0.15) is 35.4 Å². The summed E-state index contributed by atoms with van der Waals surface area (Å²) >= 11 is 6.42. The van der Waals surface area contributed by atoms with Crippen molar-refractivity contribution < 1.29 is 32.9 Å². The van der Waals surface area contributed by atoms with Gasteiger partial charge in [0.2, 0.25) is 0 Å². The lowest BCUT2D eigenvalue weighted by Gasteiger charge is -2.28. The Kier molecular flexibility index (Phi) is 8.44. The fraction of sp³-hybridized carbons (Fsp3) is 0.321. The first-order valence-corrected chi connectivity index (χ1v) is 12.1. The van der Waals surface area contributed by atoms with E-state index in [1.54, 1.807) is 36.4 Å². The second kappa shape index (κ2) is 11.7. The van der Waals surface area contributed by atoms with Crippen molar-refractivity contribution in [2.45, 2.75) is 31.8 Å². The van der Waals surface area contributed by atoms with Gasteiger partial charge in [-0.15, -0.1) is 0 Å². The third-order valence-electron chi connectivity index (χ3n) is 6.24. The Morgan fingerprint density at radius 3 is 2.39 bits per heavy atom. The van der Waals surface area contributed by atoms with Crippen LogP contribution in [-0.4, -0.2) is 37.0 Å². The van der Waals surface area contributed by atoms with Gasteiger partial charge >= 0.3 is 5.97 Å². The van der Waals surface area contributed by atoms with Crippen molar-refractivity contribution >= 4 is 17.6 Å². The quantitative estimate of drug-likeness (QED) is 0.362. The highest BCUT2D eigenvalue weighted by molar-refractivity contribution is 6.30. The molecule has 1 aliphatic rings. The molecule has 3 aromatic carbocycles. The molecular formula is C28H27ClF2O5. The third kappa shape index (κ3) is 6.33. The summed E-state index contributed by atoms with van der Waals surface area (Å²) in [5.74, 6) is -1.24. The summed E-state index contributed by atoms with van der Waals surface area (Å²) in [6.07, 6.45) is -0.0161. The number of aliphatic hydroxyl groups is 1. The zero-order valence-electron chi connectivity index (χ0n) is 19.8. The molecule has 190 valence electrons. The monoisotopic (exact) mass is 516 g/mol. The van der Waals surface area contributed by atoms with Gasteiger partial charge in [0, 0.05) is 22.9 Å². The van der Waals surface area contributed by atoms with E-state index in [0.29, 0.717) is 29.4 Å². The molecule has 1 aliphatic heterocycles. The Balaban J connectivity index is 1.62. The Morgan fingerprint density at radius 2 is 1.72 bits per heavy atom. The van der Waals surface area contributed by atoms with Gasteiger partial charge in [-0.05, 0) is 73.0 Å². The van der Waals surface area contributed by atoms with Crippen molar-refractivity contribution in [2.24, 2.45) is 5.92 Å². The van der Waals surface area contributed by atoms with Crippen molar-refractivity contribution in [3.8, 4) is 11.5 Å². The Morgan fingerprint density at radius 1 is 1.06 bits per heavy atom. The highest BCUT2D eigenvalue weighted by Gasteiger charge is 2.34. The maximum atomic E-state index is 13.7. The molecule has 3 aromatic rings. The molecule has 4 rings (SSSR count). The first-order valence-electron chi connectivity index (χ1n) is 11.7. The number of hydrogen-bond acceptors (Lipinski definition) is 5. The molecule has 0 aromatic heterocycles. The number of rotatable bonds is 9. The number of halogens is 3. The van der Waals surface area contributed by atoms with Gasteiger partial charge in [0.25, 0.3) is 0 Å². The van der Waals surface area contributed by atoms with Gasteiger partial charge in [-0.1, -0.05) is 23.7 Å². The van der Waals surface area contributed by atoms with Crippen molar-refractivity contribution in [3.05, 3.63) is 94.0 Å². The van der Waals surface area contributed by atoms with Crippen molar-refractivity contribution in [3.63, 3.8) is 0 Å². The van der Waals surface area contributed by atoms with Crippen LogP contribution in [0.2, 0.25) is 5.02 Å². The molecule has 0 amide bonds. The van der Waals surface area contributed by atoms with Crippen LogP contribution >= 0.6 is 11.6 Å². The molecule has 5 nitrogen and oxygen atoms in total. The average molecular weight is 517 g/mol. The second-order valence-corrected chi connectivity index (χ2v) is 9.21. The zero-order valence-corrected chi connectivity index (χ0v) is 20.5. The van der Waals surface area contributed by atoms with Crippen LogP contribution in [0.15, 0.2) is 60.7 Å². The fourth-order valence-electron chi connectivity index (χ4n) is 4.33. The van der Waals surface area contributed by atoms with Crippen LogP contribution in [0.3, 0.4) is 0 Å². The van der Waals surface area contributed by atoms with E-state index >= 15 is 0 Å². The summed E-state index contributed by atoms with van der Waals surface area (Å²) < 4.78 is 44.0. The number of ether oxygens (including phenoxy) is 3. The van der Waals surface area contributed by atoms with Crippen LogP contribution in [0.4, 0.5) is 8.78 Å². The van der Waals surface area contributed by atoms with E-state index in [1.165, 1.54) is 24.3 Å². The Hall–Kier alpha value is -3.16. The SMILES string of the molecule is Cc1cc(Cl)cc(C(CCOc2ccc(F)cc2)c2ccc(F)cc2)c1OC[C@@H]1C(=O)OCC[C@H]1O. The topological polar surface area (TPSA) is 65.0 Å². The first kappa shape index (κ1) is 25.9. The lowest BCUT2D eigenvalue weighted by Crippen LogP contribution is -2.40. The maximum absolute atomic E-state index is 13.7. The number of carbonyl (C=O) groups is 1. The van der Waals surface area contributed by atoms with E-state index in [0.717, 1.165) is 16.7 Å². The number of aryl methyl sites for hydroxylation is 1. The van der Waals surface area contributed by atoms with Gasteiger partial charge < -0.3 is 19.3 Å². The first-order chi connectivity index (χ1) is 17.3. The van der Waals surface area contributed by atoms with E-state index in [-0.39, 0.29) is 37.4 Å². The molecule has 1 N–H and O–H groups in total. The second-order valence-electron chi connectivity index (χ2n) is 8.78. The molecule has 0 spiro atoms. The molecule has 1 heterocycles. The van der Waals surface area contributed by atoms with E-state index in [1.807, 2.05) is 6.92 Å². The molecule has 1 fully saturated rings. The van der Waals surface area contributed by atoms with Crippen LogP contribution in [0.5, 0.6) is 11.5 Å². The van der Waals surface area contributed by atoms with Gasteiger partial charge in [0.05, 0.1) is 19.3 Å². The summed E-state index contributed by atoms with van der Waals surface area (Å²) in [6.45, 7) is 2.25. The summed E-state index contributed by atoms with van der Waals surface area (Å²) in [5.41, 5.74) is 2.32. The minimum Gasteiger partial charge on any atom is -0.494 e. The van der Waals surface area contributed by atoms with Crippen LogP contribution in [-0.2, 0) is 9.53 Å². The van der Waals surface area contributed by atoms with Gasteiger partial charge in [-0.2, -0.15) is 0 Å². The smallest absolute Gasteiger partial charge is 0.315 e. The van der Waals surface area contributed by atoms with Crippen LogP contribution in [0.25, 0.3) is 0 Å². The average Bonchev–Trinajstić information content (AvgIpc) is 2.84. The van der Waals surface area contributed by atoms with Crippen LogP contribution < -0.4 is 9.47 Å². The maximum Gasteiger partial charge on any atom is 0.315 e. The molecule has 0 saturated carbocycles. The number of aliphatic hydroxyl groups excluding tert-OH is 1. The summed E-state index contributed by atoms with van der Waals surface area (Å²) in [7, 11) is 0. The van der Waals surface area contributed by atoms with Crippen molar-refractivity contribution in [1.82, 2.24) is 0 Å². The number of cyclic esters (lactones) is 1. The molecule has 36 heavy (non-hydrogen) atoms. The number of carbonyl (C=O) groups excluding carboxylic acids is 1. The predicted molar refractivity (Wildman–Crippen MR) is 132 cm³/mol. The molecular weight excluding hydrogens is 490 g/mol. The molecule has 8 heteroatoms. The summed E-state index contributed by atoms with van der Waals surface area (Å²) in [6, 6.07) is 15.4. The fourth-order valence-corrected chi connectivity index (χ4v) is 4.61. The van der Waals surface area contributed by atoms with E-state index in [9.17, 15) is 18.7 Å². The number of benzene rings is 3. The molecule has 1 saturated heterocycles. The standard InChI is InChI=1S/C28H27ClF2O5/c1-17-14-19(29)15-24(27(17)36-16-25-26(32)11-13-35-28(25)33)23(18-2-4-20(30)5-3-18)10-12-34-22-8-6-21(31)7-9-22/h2-9,14-15,23,25-26,32H,10-13,16H2,1H3/t23?,25-,26+/m0/s1. The molecule has 0 bridgehead atoms. The van der Waals surface area contributed by atoms with E-state index in [4.69, 9.17) is 25.8 Å². The summed E-state index contributed by atoms with van der Waals surface area (Å²) in [4.78, 5) is 12.2. The minimum atomic E-state index is -0.848. The minimum absolute atomic E-state index is 0.0578. The Labute approximate surface area is 213 Å². The highest BCUT2D eigenvalue weighted by atomic mass is 35.5. The summed E-state index contributed by atoms with van der Waals surface area (Å²) in [5, 5.41) is 10.8. The Bertz CT molecular complexity index is 1180. The lowest BCUT2D eigenvalue weighted by molar-refractivity contribution is -0.162. The number of esters is 1. The van der Waals surface area contributed by atoms with Gasteiger partial charge in [-0.3, -0.25) is 4.79 Å². The van der Waals surface area contributed by atoms with Gasteiger partial charge in [-0.25, -0.2) is 8.78 Å². The van der Waals surface area contributed by atoms with Crippen molar-refractivity contribution in [1.29, 1.82) is 0 Å². The van der Waals surface area contributed by atoms with E-state index < -0.39 is 18.0 Å². The van der Waals surface area contributed by atoms with Gasteiger partial charge in [0.15, 0.2) is 0 Å². The van der Waals surface area contributed by atoms with Crippen molar-refractivity contribution in [2.75, 3.05) is 19.8 Å². The molecule has 0 aliphatic carbocycles. The van der Waals surface area contributed by atoms with Crippen LogP contribution in [0, 0.1) is 24.5 Å². The highest BCUT2D eigenvalue weighted by Crippen LogP contribution is 2.39. The third-order valence-corrected chi connectivity index (χ3v) is 6.46. The predicted octanol–water partition coefficient (Wildman–Crippen LogP) is 5.83. The normalized spacial score (nSPS) is 18.4. The molecule has 3 atom stereocenters.